The van der Waals surface area contributed by atoms with Crippen molar-refractivity contribution >= 4 is 44.7 Å². The number of aromatic amines is 1. The molecule has 1 aliphatic heterocycles. The fourth-order valence-electron chi connectivity index (χ4n) is 2.93. The Labute approximate surface area is 167 Å². The fraction of sp³-hybridized carbons (Fsp3) is 0.158. The maximum atomic E-state index is 12.6. The number of H-pyrrole nitrogens is 1. The van der Waals surface area contributed by atoms with Crippen molar-refractivity contribution in [3.05, 3.63) is 57.5 Å². The molecule has 1 aromatic carbocycles. The summed E-state index contributed by atoms with van der Waals surface area (Å²) in [4.78, 5) is 22.0. The van der Waals surface area contributed by atoms with Gasteiger partial charge in [-0.15, -0.1) is 22.7 Å². The van der Waals surface area contributed by atoms with E-state index in [-0.39, 0.29) is 11.7 Å². The molecule has 0 aliphatic carbocycles. The van der Waals surface area contributed by atoms with Gasteiger partial charge in [0.25, 0.3) is 5.56 Å². The quantitative estimate of drug-likeness (QED) is 0.389. The van der Waals surface area contributed by atoms with E-state index in [4.69, 9.17) is 9.47 Å². The molecule has 1 unspecified atom stereocenters. The molecule has 0 saturated heterocycles. The summed E-state index contributed by atoms with van der Waals surface area (Å²) in [5.74, 6) is 2.17. The second-order valence-corrected chi connectivity index (χ2v) is 8.80. The zero-order chi connectivity index (χ0) is 18.2. The van der Waals surface area contributed by atoms with Crippen LogP contribution in [0, 0.1) is 0 Å². The van der Waals surface area contributed by atoms with Gasteiger partial charge in [-0.2, -0.15) is 0 Å². The smallest absolute Gasteiger partial charge is 0.260 e. The van der Waals surface area contributed by atoms with E-state index in [9.17, 15) is 4.79 Å². The van der Waals surface area contributed by atoms with E-state index in [1.807, 2.05) is 47.2 Å². The summed E-state index contributed by atoms with van der Waals surface area (Å²) in [6.07, 6.45) is -0.0871. The van der Waals surface area contributed by atoms with Crippen LogP contribution in [0.4, 0.5) is 0 Å². The molecular weight excluding hydrogens is 400 g/mol. The summed E-state index contributed by atoms with van der Waals surface area (Å²) in [6, 6.07) is 11.6. The predicted octanol–water partition coefficient (Wildman–Crippen LogP) is 4.65. The molecule has 1 aliphatic rings. The van der Waals surface area contributed by atoms with E-state index in [0.29, 0.717) is 22.9 Å². The summed E-state index contributed by atoms with van der Waals surface area (Å²) >= 11 is 4.60. The van der Waals surface area contributed by atoms with Crippen LogP contribution < -0.4 is 15.0 Å². The third-order valence-electron chi connectivity index (χ3n) is 4.18. The monoisotopic (exact) mass is 414 g/mol. The third-order valence-corrected chi connectivity index (χ3v) is 6.96. The van der Waals surface area contributed by atoms with Crippen molar-refractivity contribution in [3.8, 4) is 21.9 Å². The number of ether oxygens (including phenoxy) is 2. The molecule has 4 aromatic rings. The van der Waals surface area contributed by atoms with Crippen LogP contribution in [0.25, 0.3) is 20.7 Å². The van der Waals surface area contributed by atoms with E-state index in [2.05, 4.69) is 9.97 Å². The molecule has 136 valence electrons. The van der Waals surface area contributed by atoms with Gasteiger partial charge in [0.1, 0.15) is 17.5 Å². The van der Waals surface area contributed by atoms with E-state index >= 15 is 0 Å². The van der Waals surface area contributed by atoms with Gasteiger partial charge in [0.15, 0.2) is 16.7 Å². The normalized spacial score (nSPS) is 15.9. The molecule has 27 heavy (non-hydrogen) atoms. The first-order valence-electron chi connectivity index (χ1n) is 8.34. The Kier molecular flexibility index (Phi) is 4.39. The number of hydrogen-bond donors (Lipinski definition) is 1. The van der Waals surface area contributed by atoms with Crippen LogP contribution in [0.1, 0.15) is 0 Å². The van der Waals surface area contributed by atoms with Gasteiger partial charge >= 0.3 is 0 Å². The van der Waals surface area contributed by atoms with Crippen LogP contribution in [0.3, 0.4) is 0 Å². The molecular formula is C19H14N2O3S3. The lowest BCUT2D eigenvalue weighted by molar-refractivity contribution is 0.107. The van der Waals surface area contributed by atoms with Crippen LogP contribution in [-0.4, -0.2) is 28.4 Å². The Morgan fingerprint density at radius 3 is 2.93 bits per heavy atom. The summed E-state index contributed by atoms with van der Waals surface area (Å²) in [7, 11) is 0. The molecule has 0 spiro atoms. The molecule has 8 heteroatoms. The lowest BCUT2D eigenvalue weighted by Gasteiger charge is -2.25. The second-order valence-electron chi connectivity index (χ2n) is 5.99. The van der Waals surface area contributed by atoms with Crippen molar-refractivity contribution in [2.45, 2.75) is 11.3 Å². The molecule has 5 rings (SSSR count). The van der Waals surface area contributed by atoms with Crippen LogP contribution in [0.15, 0.2) is 57.1 Å². The molecule has 0 bridgehead atoms. The molecule has 0 amide bonds. The topological polar surface area (TPSA) is 64.2 Å². The lowest BCUT2D eigenvalue weighted by Crippen LogP contribution is -2.31. The molecule has 0 radical (unpaired) electrons. The summed E-state index contributed by atoms with van der Waals surface area (Å²) < 4.78 is 11.7. The molecule has 3 aromatic heterocycles. The Morgan fingerprint density at radius 2 is 2.07 bits per heavy atom. The van der Waals surface area contributed by atoms with Gasteiger partial charge in [0.05, 0.1) is 5.39 Å². The Hall–Kier alpha value is -2.29. The number of hydrogen-bond acceptors (Lipinski definition) is 7. The van der Waals surface area contributed by atoms with Crippen molar-refractivity contribution in [2.75, 3.05) is 12.4 Å². The first-order valence-corrected chi connectivity index (χ1v) is 11.1. The highest BCUT2D eigenvalue weighted by Crippen LogP contribution is 2.35. The number of fused-ring (bicyclic) bond motifs is 2. The van der Waals surface area contributed by atoms with Gasteiger partial charge in [-0.25, -0.2) is 4.98 Å². The van der Waals surface area contributed by atoms with Gasteiger partial charge in [-0.1, -0.05) is 30.0 Å². The Balaban J connectivity index is 1.35. The Bertz CT molecular complexity index is 1150. The van der Waals surface area contributed by atoms with Crippen LogP contribution >= 0.6 is 34.4 Å². The lowest BCUT2D eigenvalue weighted by atomic mass is 10.2. The van der Waals surface area contributed by atoms with E-state index in [1.165, 1.54) is 23.1 Å². The molecule has 5 nitrogen and oxygen atoms in total. The van der Waals surface area contributed by atoms with Crippen molar-refractivity contribution in [2.24, 2.45) is 0 Å². The van der Waals surface area contributed by atoms with Crippen LogP contribution in [-0.2, 0) is 0 Å². The van der Waals surface area contributed by atoms with E-state index < -0.39 is 0 Å². The number of aromatic nitrogens is 2. The molecule has 0 saturated carbocycles. The number of nitrogens with zero attached hydrogens (tertiary/aromatic N) is 1. The number of rotatable bonds is 4. The van der Waals surface area contributed by atoms with Crippen LogP contribution in [0.2, 0.25) is 0 Å². The zero-order valence-corrected chi connectivity index (χ0v) is 16.5. The maximum absolute atomic E-state index is 12.6. The third kappa shape index (κ3) is 3.24. The summed E-state index contributed by atoms with van der Waals surface area (Å²) in [5, 5.41) is 5.28. The molecule has 1 atom stereocenters. The summed E-state index contributed by atoms with van der Waals surface area (Å²) in [5.41, 5.74) is 0.856. The molecule has 0 fully saturated rings. The highest BCUT2D eigenvalue weighted by Gasteiger charge is 2.21. The van der Waals surface area contributed by atoms with Gasteiger partial charge in [-0.05, 0) is 23.6 Å². The number of thioether (sulfide) groups is 1. The number of para-hydroxylation sites is 2. The second kappa shape index (κ2) is 7.03. The van der Waals surface area contributed by atoms with Crippen molar-refractivity contribution < 1.29 is 9.47 Å². The van der Waals surface area contributed by atoms with Gasteiger partial charge in [0, 0.05) is 21.6 Å². The van der Waals surface area contributed by atoms with Gasteiger partial charge in [-0.3, -0.25) is 4.79 Å². The Morgan fingerprint density at radius 1 is 1.19 bits per heavy atom. The van der Waals surface area contributed by atoms with Crippen molar-refractivity contribution in [3.63, 3.8) is 0 Å². The SMILES string of the molecule is O=c1[nH]c(SCC2COc3ccccc3O2)nc2scc(-c3cccs3)c12. The fourth-order valence-corrected chi connectivity index (χ4v) is 5.58. The minimum absolute atomic E-state index is 0.0871. The average Bonchev–Trinajstić information content (AvgIpc) is 3.36. The van der Waals surface area contributed by atoms with Crippen LogP contribution in [0.5, 0.6) is 11.5 Å². The van der Waals surface area contributed by atoms with E-state index in [0.717, 1.165) is 26.8 Å². The number of thiophene rings is 2. The number of nitrogens with one attached hydrogen (secondary N) is 1. The molecule has 1 N–H and O–H groups in total. The minimum Gasteiger partial charge on any atom is -0.486 e. The van der Waals surface area contributed by atoms with Gasteiger partial charge in [0.2, 0.25) is 0 Å². The summed E-state index contributed by atoms with van der Waals surface area (Å²) in [6.45, 7) is 0.484. The molecule has 4 heterocycles. The average molecular weight is 415 g/mol. The first-order chi connectivity index (χ1) is 13.3. The highest BCUT2D eigenvalue weighted by molar-refractivity contribution is 7.99. The first kappa shape index (κ1) is 16.9. The standard InChI is InChI=1S/C19H14N2O3S3/c22-17-16-12(15-6-3-7-25-15)10-26-18(16)21-19(20-17)27-9-11-8-23-13-4-1-2-5-14(13)24-11/h1-7,10-11H,8-9H2,(H,20,21,22). The predicted molar refractivity (Wildman–Crippen MR) is 111 cm³/mol. The van der Waals surface area contributed by atoms with E-state index in [1.54, 1.807) is 11.3 Å². The largest absolute Gasteiger partial charge is 0.486 e. The highest BCUT2D eigenvalue weighted by atomic mass is 32.2. The number of benzene rings is 1. The minimum atomic E-state index is -0.0988. The van der Waals surface area contributed by atoms with Crippen molar-refractivity contribution in [1.29, 1.82) is 0 Å². The zero-order valence-electron chi connectivity index (χ0n) is 14.0. The van der Waals surface area contributed by atoms with Crippen molar-refractivity contribution in [1.82, 2.24) is 9.97 Å². The van der Waals surface area contributed by atoms with Gasteiger partial charge < -0.3 is 14.5 Å². The maximum Gasteiger partial charge on any atom is 0.260 e.